The van der Waals surface area contributed by atoms with Crippen LogP contribution in [0.4, 0.5) is 5.69 Å². The molecule has 1 aromatic carbocycles. The molecule has 0 heterocycles. The summed E-state index contributed by atoms with van der Waals surface area (Å²) >= 11 is 0. The lowest BCUT2D eigenvalue weighted by molar-refractivity contribution is -0.123. The molecule has 1 amide bonds. The molecule has 20 heavy (non-hydrogen) atoms. The number of nitrogens with zero attached hydrogens (tertiary/aromatic N) is 1. The van der Waals surface area contributed by atoms with Gasteiger partial charge in [-0.3, -0.25) is 9.69 Å². The number of benzene rings is 1. The second kappa shape index (κ2) is 8.59. The average Bonchev–Trinajstić information content (AvgIpc) is 2.46. The number of carbonyl (C=O) groups is 1. The van der Waals surface area contributed by atoms with Gasteiger partial charge in [0.05, 0.1) is 6.54 Å². The van der Waals surface area contributed by atoms with Crippen LogP contribution in [-0.2, 0) is 11.3 Å². The quantitative estimate of drug-likeness (QED) is 0.717. The van der Waals surface area contributed by atoms with Gasteiger partial charge >= 0.3 is 0 Å². The maximum Gasteiger partial charge on any atom is 0.234 e. The zero-order valence-electron chi connectivity index (χ0n) is 12.9. The molecule has 0 aromatic heterocycles. The van der Waals surface area contributed by atoms with Crippen molar-refractivity contribution in [3.63, 3.8) is 0 Å². The van der Waals surface area contributed by atoms with Crippen LogP contribution in [0.1, 0.15) is 39.2 Å². The van der Waals surface area contributed by atoms with Gasteiger partial charge in [-0.1, -0.05) is 32.9 Å². The average molecular weight is 277 g/mol. The summed E-state index contributed by atoms with van der Waals surface area (Å²) in [5.41, 5.74) is 7.62. The molecule has 0 fully saturated rings. The van der Waals surface area contributed by atoms with Crippen LogP contribution >= 0.6 is 0 Å². The van der Waals surface area contributed by atoms with E-state index in [1.54, 1.807) is 0 Å². The Morgan fingerprint density at radius 3 is 2.30 bits per heavy atom. The molecule has 0 aliphatic heterocycles. The Morgan fingerprint density at radius 1 is 1.20 bits per heavy atom. The smallest absolute Gasteiger partial charge is 0.234 e. The second-order valence-electron chi connectivity index (χ2n) is 5.13. The van der Waals surface area contributed by atoms with Crippen molar-refractivity contribution in [2.45, 2.75) is 46.2 Å². The normalized spacial score (nSPS) is 11.1. The molecule has 0 aliphatic rings. The third-order valence-electron chi connectivity index (χ3n) is 3.55. The molecule has 0 unspecified atom stereocenters. The summed E-state index contributed by atoms with van der Waals surface area (Å²) in [5, 5.41) is 3.08. The highest BCUT2D eigenvalue weighted by Crippen LogP contribution is 2.08. The van der Waals surface area contributed by atoms with Crippen molar-refractivity contribution < 1.29 is 4.79 Å². The van der Waals surface area contributed by atoms with E-state index in [9.17, 15) is 4.79 Å². The number of anilines is 1. The van der Waals surface area contributed by atoms with Gasteiger partial charge in [-0.05, 0) is 37.1 Å². The number of rotatable bonds is 8. The number of hydrogen-bond acceptors (Lipinski definition) is 3. The van der Waals surface area contributed by atoms with Gasteiger partial charge in [0, 0.05) is 18.3 Å². The Kier molecular flexibility index (Phi) is 7.09. The Morgan fingerprint density at radius 2 is 1.80 bits per heavy atom. The second-order valence-corrected chi connectivity index (χ2v) is 5.13. The third kappa shape index (κ3) is 5.61. The highest BCUT2D eigenvalue weighted by Gasteiger charge is 2.12. The Labute approximate surface area is 122 Å². The summed E-state index contributed by atoms with van der Waals surface area (Å²) in [6.07, 6.45) is 1.96. The molecule has 0 saturated heterocycles. The van der Waals surface area contributed by atoms with Crippen molar-refractivity contribution in [2.24, 2.45) is 0 Å². The van der Waals surface area contributed by atoms with Crippen LogP contribution in [0.15, 0.2) is 24.3 Å². The monoisotopic (exact) mass is 277 g/mol. The summed E-state index contributed by atoms with van der Waals surface area (Å²) in [5.74, 6) is 0.107. The summed E-state index contributed by atoms with van der Waals surface area (Å²) in [7, 11) is 0. The molecule has 0 bridgehead atoms. The standard InChI is InChI=1S/C16H27N3O/c1-4-15(5-2)18-16(20)12-19(6-3)11-13-7-9-14(17)10-8-13/h7-10,15H,4-6,11-12,17H2,1-3H3,(H,18,20). The first-order valence-electron chi connectivity index (χ1n) is 7.45. The lowest BCUT2D eigenvalue weighted by Crippen LogP contribution is -2.41. The van der Waals surface area contributed by atoms with E-state index >= 15 is 0 Å². The lowest BCUT2D eigenvalue weighted by atomic mass is 10.1. The fraction of sp³-hybridized carbons (Fsp3) is 0.562. The van der Waals surface area contributed by atoms with E-state index in [1.165, 1.54) is 5.56 Å². The van der Waals surface area contributed by atoms with Crippen LogP contribution in [0.25, 0.3) is 0 Å². The zero-order chi connectivity index (χ0) is 15.0. The molecular weight excluding hydrogens is 250 g/mol. The van der Waals surface area contributed by atoms with E-state index in [1.807, 2.05) is 24.3 Å². The number of nitrogens with two attached hydrogens (primary N) is 1. The number of hydrogen-bond donors (Lipinski definition) is 2. The Hall–Kier alpha value is -1.55. The molecule has 0 radical (unpaired) electrons. The van der Waals surface area contributed by atoms with E-state index < -0.39 is 0 Å². The first kappa shape index (κ1) is 16.5. The van der Waals surface area contributed by atoms with E-state index in [0.717, 1.165) is 31.6 Å². The van der Waals surface area contributed by atoms with Crippen LogP contribution in [0, 0.1) is 0 Å². The van der Waals surface area contributed by atoms with Gasteiger partial charge in [-0.2, -0.15) is 0 Å². The van der Waals surface area contributed by atoms with Crippen molar-refractivity contribution in [3.05, 3.63) is 29.8 Å². The molecule has 1 aromatic rings. The summed E-state index contributed by atoms with van der Waals surface area (Å²) < 4.78 is 0. The number of nitrogen functional groups attached to an aromatic ring is 1. The molecule has 1 rings (SSSR count). The van der Waals surface area contributed by atoms with Crippen molar-refractivity contribution in [3.8, 4) is 0 Å². The minimum Gasteiger partial charge on any atom is -0.399 e. The lowest BCUT2D eigenvalue weighted by Gasteiger charge is -2.22. The van der Waals surface area contributed by atoms with Gasteiger partial charge in [0.1, 0.15) is 0 Å². The Balaban J connectivity index is 2.50. The van der Waals surface area contributed by atoms with Crippen LogP contribution in [0.5, 0.6) is 0 Å². The highest BCUT2D eigenvalue weighted by atomic mass is 16.2. The topological polar surface area (TPSA) is 58.4 Å². The first-order chi connectivity index (χ1) is 9.58. The maximum absolute atomic E-state index is 12.0. The molecule has 4 heteroatoms. The fourth-order valence-corrected chi connectivity index (χ4v) is 2.13. The van der Waals surface area contributed by atoms with Crippen molar-refractivity contribution >= 4 is 11.6 Å². The predicted octanol–water partition coefficient (Wildman–Crippen LogP) is 2.40. The Bertz CT molecular complexity index is 399. The van der Waals surface area contributed by atoms with Crippen LogP contribution in [0.2, 0.25) is 0 Å². The van der Waals surface area contributed by atoms with E-state index in [4.69, 9.17) is 5.73 Å². The number of nitrogens with one attached hydrogen (secondary N) is 1. The molecule has 3 N–H and O–H groups in total. The predicted molar refractivity (Wildman–Crippen MR) is 84.3 cm³/mol. The highest BCUT2D eigenvalue weighted by molar-refractivity contribution is 5.78. The molecule has 0 atom stereocenters. The van der Waals surface area contributed by atoms with Crippen molar-refractivity contribution in [2.75, 3.05) is 18.8 Å². The van der Waals surface area contributed by atoms with E-state index in [0.29, 0.717) is 6.54 Å². The maximum atomic E-state index is 12.0. The third-order valence-corrected chi connectivity index (χ3v) is 3.55. The minimum absolute atomic E-state index is 0.107. The van der Waals surface area contributed by atoms with Crippen LogP contribution < -0.4 is 11.1 Å². The van der Waals surface area contributed by atoms with Gasteiger partial charge in [-0.15, -0.1) is 0 Å². The molecule has 4 nitrogen and oxygen atoms in total. The van der Waals surface area contributed by atoms with E-state index in [2.05, 4.69) is 31.0 Å². The fourth-order valence-electron chi connectivity index (χ4n) is 2.13. The van der Waals surface area contributed by atoms with Gasteiger partial charge in [-0.25, -0.2) is 0 Å². The summed E-state index contributed by atoms with van der Waals surface area (Å²) in [6, 6.07) is 8.10. The number of carbonyl (C=O) groups excluding carboxylic acids is 1. The van der Waals surface area contributed by atoms with Crippen molar-refractivity contribution in [1.82, 2.24) is 10.2 Å². The van der Waals surface area contributed by atoms with Gasteiger partial charge in [0.2, 0.25) is 5.91 Å². The molecule has 0 aliphatic carbocycles. The molecule has 0 spiro atoms. The molecule has 112 valence electrons. The van der Waals surface area contributed by atoms with Crippen LogP contribution in [0.3, 0.4) is 0 Å². The zero-order valence-corrected chi connectivity index (χ0v) is 12.9. The summed E-state index contributed by atoms with van der Waals surface area (Å²) in [4.78, 5) is 14.1. The first-order valence-corrected chi connectivity index (χ1v) is 7.45. The SMILES string of the molecule is CCC(CC)NC(=O)CN(CC)Cc1ccc(N)cc1. The largest absolute Gasteiger partial charge is 0.399 e. The van der Waals surface area contributed by atoms with Gasteiger partial charge < -0.3 is 11.1 Å². The minimum atomic E-state index is 0.107. The molecular formula is C16H27N3O. The van der Waals surface area contributed by atoms with E-state index in [-0.39, 0.29) is 11.9 Å². The van der Waals surface area contributed by atoms with Gasteiger partial charge in [0.15, 0.2) is 0 Å². The number of amides is 1. The number of likely N-dealkylation sites (N-methyl/N-ethyl adjacent to an activating group) is 1. The molecule has 0 saturated carbocycles. The van der Waals surface area contributed by atoms with Crippen LogP contribution in [-0.4, -0.2) is 29.9 Å². The van der Waals surface area contributed by atoms with Crippen molar-refractivity contribution in [1.29, 1.82) is 0 Å². The summed E-state index contributed by atoms with van der Waals surface area (Å²) in [6.45, 7) is 8.33. The van der Waals surface area contributed by atoms with Gasteiger partial charge in [0.25, 0.3) is 0 Å².